The van der Waals surface area contributed by atoms with Gasteiger partial charge in [0.2, 0.25) is 0 Å². The molecule has 5 rings (SSSR count). The molecule has 0 aliphatic rings. The third-order valence-corrected chi connectivity index (χ3v) is 5.45. The van der Waals surface area contributed by atoms with Gasteiger partial charge in [-0.2, -0.15) is 0 Å². The van der Waals surface area contributed by atoms with Gasteiger partial charge in [0.15, 0.2) is 5.13 Å². The van der Waals surface area contributed by atoms with Crippen LogP contribution in [0.25, 0.3) is 33.3 Å². The zero-order valence-corrected chi connectivity index (χ0v) is 16.6. The molecule has 0 aliphatic carbocycles. The predicted octanol–water partition coefficient (Wildman–Crippen LogP) is 6.47. The van der Waals surface area contributed by atoms with E-state index in [9.17, 15) is 0 Å². The number of anilines is 2. The molecule has 0 unspecified atom stereocenters. The van der Waals surface area contributed by atoms with Crippen molar-refractivity contribution in [1.82, 2.24) is 15.0 Å². The highest BCUT2D eigenvalue weighted by atomic mass is 32.1. The molecule has 0 bridgehead atoms. The Morgan fingerprint density at radius 1 is 0.690 bits per heavy atom. The van der Waals surface area contributed by atoms with E-state index >= 15 is 0 Å². The third kappa shape index (κ3) is 3.73. The molecule has 3 aromatic carbocycles. The molecular weight excluding hydrogens is 376 g/mol. The monoisotopic (exact) mass is 394 g/mol. The Bertz CT molecular complexity index is 1290. The maximum atomic E-state index is 4.76. The largest absolute Gasteiger partial charge is 0.316 e. The quantitative estimate of drug-likeness (QED) is 0.379. The Labute approximate surface area is 172 Å². The summed E-state index contributed by atoms with van der Waals surface area (Å²) in [5, 5.41) is 8.66. The number of nitrogens with zero attached hydrogens (tertiary/aromatic N) is 3. The van der Waals surface area contributed by atoms with E-state index in [0.717, 1.165) is 39.3 Å². The zero-order valence-electron chi connectivity index (χ0n) is 15.8. The summed E-state index contributed by atoms with van der Waals surface area (Å²) in [6.07, 6.45) is 0. The van der Waals surface area contributed by atoms with Gasteiger partial charge in [0.25, 0.3) is 0 Å². The number of aryl methyl sites for hydroxylation is 1. The molecule has 5 aromatic rings. The minimum atomic E-state index is 0.722. The third-order valence-electron chi connectivity index (χ3n) is 4.69. The summed E-state index contributed by atoms with van der Waals surface area (Å²) in [6.45, 7) is 1.90. The summed E-state index contributed by atoms with van der Waals surface area (Å²) < 4.78 is 0. The van der Waals surface area contributed by atoms with Crippen molar-refractivity contribution in [2.75, 3.05) is 5.32 Å². The lowest BCUT2D eigenvalue weighted by atomic mass is 10.1. The number of benzene rings is 3. The van der Waals surface area contributed by atoms with Crippen LogP contribution in [0.15, 0.2) is 84.2 Å². The fourth-order valence-corrected chi connectivity index (χ4v) is 4.04. The molecule has 0 radical (unpaired) electrons. The molecule has 0 fully saturated rings. The van der Waals surface area contributed by atoms with E-state index in [4.69, 9.17) is 4.98 Å². The molecule has 0 aliphatic heterocycles. The summed E-state index contributed by atoms with van der Waals surface area (Å²) in [5.74, 6) is 1.47. The summed E-state index contributed by atoms with van der Waals surface area (Å²) in [6, 6.07) is 26.9. The molecule has 1 N–H and O–H groups in total. The van der Waals surface area contributed by atoms with Gasteiger partial charge in [0.1, 0.15) is 11.6 Å². The molecule has 2 heterocycles. The molecule has 29 heavy (non-hydrogen) atoms. The Balaban J connectivity index is 1.43. The van der Waals surface area contributed by atoms with Gasteiger partial charge in [-0.3, -0.25) is 0 Å². The van der Waals surface area contributed by atoms with Crippen molar-refractivity contribution < 1.29 is 0 Å². The first-order valence-corrected chi connectivity index (χ1v) is 10.3. The second-order valence-electron chi connectivity index (χ2n) is 6.78. The summed E-state index contributed by atoms with van der Waals surface area (Å²) in [4.78, 5) is 13.8. The van der Waals surface area contributed by atoms with Crippen molar-refractivity contribution in [2.24, 2.45) is 0 Å². The van der Waals surface area contributed by atoms with Crippen LogP contribution in [0.4, 0.5) is 10.9 Å². The zero-order chi connectivity index (χ0) is 19.6. The van der Waals surface area contributed by atoms with Crippen molar-refractivity contribution in [3.05, 3.63) is 90.1 Å². The molecule has 0 saturated carbocycles. The van der Waals surface area contributed by atoms with Gasteiger partial charge >= 0.3 is 0 Å². The normalized spacial score (nSPS) is 10.9. The van der Waals surface area contributed by atoms with Crippen molar-refractivity contribution in [1.29, 1.82) is 0 Å². The molecule has 0 spiro atoms. The number of nitrogens with one attached hydrogen (secondary N) is 1. The lowest BCUT2D eigenvalue weighted by Gasteiger charge is -2.07. The van der Waals surface area contributed by atoms with E-state index in [1.807, 2.05) is 43.3 Å². The lowest BCUT2D eigenvalue weighted by molar-refractivity contribution is 1.06. The average Bonchev–Trinajstić information content (AvgIpc) is 3.22. The number of aromatic nitrogens is 3. The number of hydrogen-bond donors (Lipinski definition) is 1. The van der Waals surface area contributed by atoms with Crippen molar-refractivity contribution in [3.63, 3.8) is 0 Å². The van der Waals surface area contributed by atoms with Crippen molar-refractivity contribution >= 4 is 33.1 Å². The molecule has 0 atom stereocenters. The highest BCUT2D eigenvalue weighted by molar-refractivity contribution is 7.14. The van der Waals surface area contributed by atoms with Gasteiger partial charge in [-0.1, -0.05) is 66.7 Å². The first-order chi connectivity index (χ1) is 14.2. The highest BCUT2D eigenvalue weighted by Crippen LogP contribution is 2.29. The second kappa shape index (κ2) is 7.45. The SMILES string of the molecule is Cc1nc(Nc2nc(-c3ccc4ccccc4c3)cs2)cc(-c2ccccc2)n1. The average molecular weight is 395 g/mol. The first-order valence-electron chi connectivity index (χ1n) is 9.37. The van der Waals surface area contributed by atoms with E-state index in [0.29, 0.717) is 0 Å². The Hall–Kier alpha value is -3.57. The van der Waals surface area contributed by atoms with Crippen LogP contribution < -0.4 is 5.32 Å². The van der Waals surface area contributed by atoms with Gasteiger partial charge in [0.05, 0.1) is 11.4 Å². The standard InChI is InChI=1S/C24H18N4S/c1-16-25-21(18-8-3-2-4-9-18)14-23(26-16)28-24-27-22(15-29-24)20-12-11-17-7-5-6-10-19(17)13-20/h2-15H,1H3,(H,25,26,27,28). The van der Waals surface area contributed by atoms with E-state index in [1.54, 1.807) is 11.3 Å². The Kier molecular flexibility index (Phi) is 4.50. The maximum Gasteiger partial charge on any atom is 0.188 e. The lowest BCUT2D eigenvalue weighted by Crippen LogP contribution is -1.98. The fraction of sp³-hybridized carbons (Fsp3) is 0.0417. The number of hydrogen-bond acceptors (Lipinski definition) is 5. The smallest absolute Gasteiger partial charge is 0.188 e. The number of fused-ring (bicyclic) bond motifs is 1. The van der Waals surface area contributed by atoms with E-state index in [1.165, 1.54) is 10.8 Å². The van der Waals surface area contributed by atoms with Gasteiger partial charge in [-0.15, -0.1) is 11.3 Å². The van der Waals surface area contributed by atoms with Crippen LogP contribution in [0.1, 0.15) is 5.82 Å². The van der Waals surface area contributed by atoms with Crippen LogP contribution in [-0.4, -0.2) is 15.0 Å². The number of rotatable bonds is 4. The molecule has 0 amide bonds. The second-order valence-corrected chi connectivity index (χ2v) is 7.63. The minimum Gasteiger partial charge on any atom is -0.316 e. The van der Waals surface area contributed by atoms with Gasteiger partial charge in [-0.25, -0.2) is 15.0 Å². The number of thiazole rings is 1. The fourth-order valence-electron chi connectivity index (χ4n) is 3.31. The Morgan fingerprint density at radius 2 is 1.48 bits per heavy atom. The predicted molar refractivity (Wildman–Crippen MR) is 121 cm³/mol. The summed E-state index contributed by atoms with van der Waals surface area (Å²) >= 11 is 1.57. The molecule has 4 nitrogen and oxygen atoms in total. The van der Waals surface area contributed by atoms with Crippen LogP contribution in [0.3, 0.4) is 0 Å². The summed E-state index contributed by atoms with van der Waals surface area (Å²) in [7, 11) is 0. The highest BCUT2D eigenvalue weighted by Gasteiger charge is 2.09. The topological polar surface area (TPSA) is 50.7 Å². The van der Waals surface area contributed by atoms with E-state index in [2.05, 4.69) is 63.1 Å². The molecular formula is C24H18N4S. The van der Waals surface area contributed by atoms with Gasteiger partial charge in [0, 0.05) is 22.6 Å². The maximum absolute atomic E-state index is 4.76. The van der Waals surface area contributed by atoms with Crippen LogP contribution in [0, 0.1) is 6.92 Å². The molecule has 2 aromatic heterocycles. The Morgan fingerprint density at radius 3 is 2.34 bits per heavy atom. The van der Waals surface area contributed by atoms with Crippen LogP contribution >= 0.6 is 11.3 Å². The van der Waals surface area contributed by atoms with Crippen molar-refractivity contribution in [3.8, 4) is 22.5 Å². The van der Waals surface area contributed by atoms with Crippen molar-refractivity contribution in [2.45, 2.75) is 6.92 Å². The molecule has 0 saturated heterocycles. The van der Waals surface area contributed by atoms with Crippen LogP contribution in [0.5, 0.6) is 0 Å². The van der Waals surface area contributed by atoms with Gasteiger partial charge < -0.3 is 5.32 Å². The van der Waals surface area contributed by atoms with E-state index in [-0.39, 0.29) is 0 Å². The van der Waals surface area contributed by atoms with Crippen LogP contribution in [0.2, 0.25) is 0 Å². The first kappa shape index (κ1) is 17.5. The molecule has 5 heteroatoms. The minimum absolute atomic E-state index is 0.722. The van der Waals surface area contributed by atoms with Gasteiger partial charge in [-0.05, 0) is 23.8 Å². The van der Waals surface area contributed by atoms with Crippen LogP contribution in [-0.2, 0) is 0 Å². The van der Waals surface area contributed by atoms with E-state index < -0.39 is 0 Å². The molecule has 140 valence electrons. The summed E-state index contributed by atoms with van der Waals surface area (Å²) in [5.41, 5.74) is 4.03.